The number of hydrogen-bond donors (Lipinski definition) is 3. The maximum Gasteiger partial charge on any atom is 0.271 e. The van der Waals surface area contributed by atoms with Gasteiger partial charge in [-0.2, -0.15) is 4.98 Å². The number of nitrogens with one attached hydrogen (secondary N) is 2. The van der Waals surface area contributed by atoms with Crippen molar-refractivity contribution in [3.8, 4) is 11.6 Å². The number of anilines is 4. The first-order chi connectivity index (χ1) is 18.3. The number of piperazine rings is 1. The number of benzene rings is 2. The number of aromatic nitrogens is 2. The Labute approximate surface area is 226 Å². The second kappa shape index (κ2) is 11.9. The van der Waals surface area contributed by atoms with Crippen LogP contribution in [0, 0.1) is 0 Å². The number of aryl methyl sites for hydroxylation is 1. The third-order valence-corrected chi connectivity index (χ3v) is 6.42. The van der Waals surface area contributed by atoms with E-state index in [9.17, 15) is 9.59 Å². The van der Waals surface area contributed by atoms with Crippen LogP contribution in [0.15, 0.2) is 55.1 Å². The Morgan fingerprint density at radius 2 is 1.84 bits per heavy atom. The van der Waals surface area contributed by atoms with E-state index in [4.69, 9.17) is 22.1 Å². The van der Waals surface area contributed by atoms with E-state index in [0.717, 1.165) is 43.6 Å². The molecule has 1 fully saturated rings. The van der Waals surface area contributed by atoms with Gasteiger partial charge in [0.25, 0.3) is 5.91 Å². The van der Waals surface area contributed by atoms with E-state index in [0.29, 0.717) is 28.6 Å². The lowest BCUT2D eigenvalue weighted by atomic mass is 10.2. The highest BCUT2D eigenvalue weighted by molar-refractivity contribution is 6.33. The molecule has 11 heteroatoms. The highest BCUT2D eigenvalue weighted by Gasteiger charge is 2.20. The van der Waals surface area contributed by atoms with E-state index in [-0.39, 0.29) is 17.4 Å². The maximum absolute atomic E-state index is 12.2. The van der Waals surface area contributed by atoms with Gasteiger partial charge in [-0.25, -0.2) is 4.98 Å². The van der Waals surface area contributed by atoms with Crippen LogP contribution in [-0.4, -0.2) is 59.9 Å². The van der Waals surface area contributed by atoms with E-state index in [1.807, 2.05) is 31.2 Å². The Balaban J connectivity index is 1.60. The molecule has 0 spiro atoms. The Bertz CT molecular complexity index is 1340. The van der Waals surface area contributed by atoms with Gasteiger partial charge in [0.15, 0.2) is 11.5 Å². The number of carbonyl (C=O) groups is 2. The molecule has 0 radical (unpaired) electrons. The Morgan fingerprint density at radius 3 is 2.47 bits per heavy atom. The molecule has 2 aromatic carbocycles. The summed E-state index contributed by atoms with van der Waals surface area (Å²) >= 11 is 6.20. The van der Waals surface area contributed by atoms with Gasteiger partial charge in [-0.1, -0.05) is 25.1 Å². The number of halogens is 1. The van der Waals surface area contributed by atoms with Crippen LogP contribution in [0.25, 0.3) is 0 Å². The fourth-order valence-corrected chi connectivity index (χ4v) is 4.11. The van der Waals surface area contributed by atoms with Crippen molar-refractivity contribution in [1.29, 1.82) is 0 Å². The number of rotatable bonds is 9. The molecule has 1 saturated heterocycles. The van der Waals surface area contributed by atoms with Crippen molar-refractivity contribution in [3.63, 3.8) is 0 Å². The minimum Gasteiger partial charge on any atom is -0.437 e. The molecule has 0 bridgehead atoms. The van der Waals surface area contributed by atoms with Gasteiger partial charge in [-0.15, -0.1) is 0 Å². The van der Waals surface area contributed by atoms with Gasteiger partial charge in [-0.3, -0.25) is 9.59 Å². The molecular formula is C27H30ClN7O3. The summed E-state index contributed by atoms with van der Waals surface area (Å²) in [7, 11) is 2.12. The van der Waals surface area contributed by atoms with E-state index in [1.54, 1.807) is 18.2 Å². The molecule has 0 unspecified atom stereocenters. The Morgan fingerprint density at radius 1 is 1.13 bits per heavy atom. The van der Waals surface area contributed by atoms with E-state index in [1.165, 1.54) is 0 Å². The van der Waals surface area contributed by atoms with Gasteiger partial charge in [0.2, 0.25) is 11.8 Å². The zero-order valence-electron chi connectivity index (χ0n) is 21.3. The number of primary amides is 1. The Kier molecular flexibility index (Phi) is 8.45. The minimum absolute atomic E-state index is 0.00684. The van der Waals surface area contributed by atoms with Gasteiger partial charge in [-0.05, 0) is 55.9 Å². The average Bonchev–Trinajstić information content (AvgIpc) is 2.91. The summed E-state index contributed by atoms with van der Waals surface area (Å²) < 4.78 is 6.02. The lowest BCUT2D eigenvalue weighted by molar-refractivity contribution is -0.111. The van der Waals surface area contributed by atoms with Crippen LogP contribution in [0.4, 0.5) is 22.9 Å². The number of ether oxygens (including phenoxy) is 1. The topological polar surface area (TPSA) is 126 Å². The number of likely N-dealkylation sites (N-methyl/N-ethyl adjacent to an activating group) is 1. The normalized spacial score (nSPS) is 13.6. The fourth-order valence-electron chi connectivity index (χ4n) is 3.94. The van der Waals surface area contributed by atoms with Crippen molar-refractivity contribution >= 4 is 46.3 Å². The summed E-state index contributed by atoms with van der Waals surface area (Å²) in [5.41, 5.74) is 8.28. The molecule has 2 amide bonds. The molecule has 1 aliphatic heterocycles. The third-order valence-electron chi connectivity index (χ3n) is 6.09. The predicted octanol–water partition coefficient (Wildman–Crippen LogP) is 4.20. The largest absolute Gasteiger partial charge is 0.437 e. The van der Waals surface area contributed by atoms with Crippen LogP contribution in [0.5, 0.6) is 11.6 Å². The lowest BCUT2D eigenvalue weighted by Gasteiger charge is -2.34. The van der Waals surface area contributed by atoms with E-state index in [2.05, 4.69) is 44.0 Å². The molecule has 0 atom stereocenters. The quantitative estimate of drug-likeness (QED) is 0.348. The zero-order valence-corrected chi connectivity index (χ0v) is 22.1. The lowest BCUT2D eigenvalue weighted by Crippen LogP contribution is -2.44. The molecule has 3 aromatic rings. The van der Waals surface area contributed by atoms with Crippen LogP contribution in [0.3, 0.4) is 0 Å². The van der Waals surface area contributed by atoms with E-state index < -0.39 is 11.8 Å². The number of carbonyl (C=O) groups excluding carboxylic acids is 2. The average molecular weight is 536 g/mol. The summed E-state index contributed by atoms with van der Waals surface area (Å²) in [6.07, 6.45) is 1.58. The third kappa shape index (κ3) is 6.39. The molecule has 2 heterocycles. The molecule has 4 N–H and O–H groups in total. The molecule has 198 valence electrons. The molecule has 10 nitrogen and oxygen atoms in total. The van der Waals surface area contributed by atoms with Crippen molar-refractivity contribution in [2.45, 2.75) is 13.3 Å². The zero-order chi connectivity index (χ0) is 27.2. The second-order valence-corrected chi connectivity index (χ2v) is 9.20. The van der Waals surface area contributed by atoms with Gasteiger partial charge in [0, 0.05) is 43.6 Å². The van der Waals surface area contributed by atoms with Crippen LogP contribution in [0.2, 0.25) is 5.02 Å². The van der Waals surface area contributed by atoms with Gasteiger partial charge < -0.3 is 30.9 Å². The molecule has 4 rings (SSSR count). The highest BCUT2D eigenvalue weighted by Crippen LogP contribution is 2.32. The highest BCUT2D eigenvalue weighted by atomic mass is 35.5. The SMILES string of the molecule is C=CC(=O)Nc1cc(Oc2nc(Nc3ccc(N4CCN(C)CC4)cc3)c(C(N)=O)nc2CC)ccc1Cl. The molecule has 0 saturated carbocycles. The van der Waals surface area contributed by atoms with Crippen molar-refractivity contribution in [2.75, 3.05) is 48.8 Å². The first-order valence-electron chi connectivity index (χ1n) is 12.2. The summed E-state index contributed by atoms with van der Waals surface area (Å²) in [4.78, 5) is 37.6. The molecule has 1 aromatic heterocycles. The van der Waals surface area contributed by atoms with Gasteiger partial charge in [0.05, 0.1) is 10.7 Å². The van der Waals surface area contributed by atoms with E-state index >= 15 is 0 Å². The number of nitrogens with zero attached hydrogens (tertiary/aromatic N) is 4. The van der Waals surface area contributed by atoms with Crippen molar-refractivity contribution in [2.24, 2.45) is 5.73 Å². The Hall–Kier alpha value is -4.15. The molecule has 38 heavy (non-hydrogen) atoms. The first kappa shape index (κ1) is 26.9. The second-order valence-electron chi connectivity index (χ2n) is 8.79. The summed E-state index contributed by atoms with van der Waals surface area (Å²) in [6, 6.07) is 12.7. The summed E-state index contributed by atoms with van der Waals surface area (Å²) in [6.45, 7) is 9.26. The number of hydrogen-bond acceptors (Lipinski definition) is 8. The van der Waals surface area contributed by atoms with Gasteiger partial charge >= 0.3 is 0 Å². The molecule has 1 aliphatic rings. The number of amides is 2. The fraction of sp³-hybridized carbons (Fsp3) is 0.259. The van der Waals surface area contributed by atoms with Crippen molar-refractivity contribution < 1.29 is 14.3 Å². The van der Waals surface area contributed by atoms with Crippen LogP contribution >= 0.6 is 11.6 Å². The first-order valence-corrected chi connectivity index (χ1v) is 12.6. The predicted molar refractivity (Wildman–Crippen MR) is 150 cm³/mol. The maximum atomic E-state index is 12.2. The standard InChI is InChI=1S/C27H30ClN7O3/c1-4-21-27(38-19-10-11-20(28)22(16-19)31-23(36)5-2)33-26(24(32-21)25(29)37)30-17-6-8-18(9-7-17)35-14-12-34(3)13-15-35/h5-11,16H,2,4,12-15H2,1,3H3,(H2,29,37)(H,30,33)(H,31,36). The monoisotopic (exact) mass is 535 g/mol. The van der Waals surface area contributed by atoms with Crippen LogP contribution < -0.4 is 26.0 Å². The minimum atomic E-state index is -0.712. The molecule has 0 aliphatic carbocycles. The van der Waals surface area contributed by atoms with Crippen molar-refractivity contribution in [1.82, 2.24) is 14.9 Å². The summed E-state index contributed by atoms with van der Waals surface area (Å²) in [5.74, 6) is -0.388. The number of nitrogens with two attached hydrogens (primary N) is 1. The van der Waals surface area contributed by atoms with Crippen molar-refractivity contribution in [3.05, 3.63) is 71.5 Å². The smallest absolute Gasteiger partial charge is 0.271 e. The van der Waals surface area contributed by atoms with Crippen LogP contribution in [-0.2, 0) is 11.2 Å². The molecular weight excluding hydrogens is 506 g/mol. The van der Waals surface area contributed by atoms with Gasteiger partial charge in [0.1, 0.15) is 11.4 Å². The summed E-state index contributed by atoms with van der Waals surface area (Å²) in [5, 5.41) is 6.12. The van der Waals surface area contributed by atoms with Crippen LogP contribution in [0.1, 0.15) is 23.1 Å².